The van der Waals surface area contributed by atoms with Crippen LogP contribution in [-0.4, -0.2) is 18.6 Å². The summed E-state index contributed by atoms with van der Waals surface area (Å²) >= 11 is 5.94. The fraction of sp³-hybridized carbons (Fsp3) is 0.0714. The van der Waals surface area contributed by atoms with Crippen molar-refractivity contribution in [3.63, 3.8) is 0 Å². The molecule has 0 saturated carbocycles. The molecule has 0 unspecified atom stereocenters. The van der Waals surface area contributed by atoms with E-state index >= 15 is 0 Å². The van der Waals surface area contributed by atoms with Crippen LogP contribution in [0.1, 0.15) is 17.1 Å². The summed E-state index contributed by atoms with van der Waals surface area (Å²) in [6.07, 6.45) is 1.32. The number of anilines is 1. The van der Waals surface area contributed by atoms with E-state index in [4.69, 9.17) is 16.0 Å². The van der Waals surface area contributed by atoms with Gasteiger partial charge in [-0.05, 0) is 54.1 Å². The van der Waals surface area contributed by atoms with Gasteiger partial charge in [0.2, 0.25) is 10.0 Å². The zero-order valence-electron chi connectivity index (χ0n) is 19.5. The standard InChI is InChI=1S/C28H22ClN3O4S/c29-23-11-15-27(16-12-23)37(34,35)32(19-21-7-3-1-4-8-21)20-26-14-13-25(36-26)17-22(18-30)28(33)31-24-9-5-2-6-10-24/h1-17H,19-20H2,(H,31,33)/b22-17-. The Morgan fingerprint density at radius 2 is 1.57 bits per heavy atom. The first-order valence-electron chi connectivity index (χ1n) is 11.2. The van der Waals surface area contributed by atoms with Crippen molar-refractivity contribution in [3.05, 3.63) is 125 Å². The lowest BCUT2D eigenvalue weighted by Crippen LogP contribution is -2.30. The Kier molecular flexibility index (Phi) is 8.21. The number of nitrogens with one attached hydrogen (secondary N) is 1. The van der Waals surface area contributed by atoms with E-state index in [2.05, 4.69) is 5.32 Å². The largest absolute Gasteiger partial charge is 0.460 e. The minimum atomic E-state index is -3.90. The van der Waals surface area contributed by atoms with E-state index in [0.717, 1.165) is 5.56 Å². The molecule has 0 saturated heterocycles. The van der Waals surface area contributed by atoms with E-state index in [-0.39, 0.29) is 29.3 Å². The summed E-state index contributed by atoms with van der Waals surface area (Å²) in [4.78, 5) is 12.6. The van der Waals surface area contributed by atoms with Crippen molar-refractivity contribution in [2.45, 2.75) is 18.0 Å². The Morgan fingerprint density at radius 3 is 2.22 bits per heavy atom. The molecule has 1 amide bonds. The Morgan fingerprint density at radius 1 is 0.919 bits per heavy atom. The van der Waals surface area contributed by atoms with Crippen molar-refractivity contribution in [1.29, 1.82) is 5.26 Å². The number of carbonyl (C=O) groups is 1. The molecule has 0 bridgehead atoms. The van der Waals surface area contributed by atoms with Crippen LogP contribution in [0.15, 0.2) is 112 Å². The SMILES string of the molecule is N#C/C(=C/c1ccc(CN(Cc2ccccc2)S(=O)(=O)c2ccc(Cl)cc2)o1)C(=O)Nc1ccccc1. The molecule has 0 radical (unpaired) electrons. The number of para-hydroxylation sites is 1. The minimum Gasteiger partial charge on any atom is -0.460 e. The molecule has 0 aliphatic carbocycles. The van der Waals surface area contributed by atoms with Gasteiger partial charge in [-0.3, -0.25) is 4.79 Å². The van der Waals surface area contributed by atoms with Gasteiger partial charge in [-0.15, -0.1) is 0 Å². The first-order chi connectivity index (χ1) is 17.8. The summed E-state index contributed by atoms with van der Waals surface area (Å²) in [6.45, 7) is 0.0480. The van der Waals surface area contributed by atoms with Gasteiger partial charge in [0.15, 0.2) is 0 Å². The van der Waals surface area contributed by atoms with Crippen LogP contribution in [0.3, 0.4) is 0 Å². The number of nitriles is 1. The van der Waals surface area contributed by atoms with Gasteiger partial charge < -0.3 is 9.73 Å². The monoisotopic (exact) mass is 531 g/mol. The van der Waals surface area contributed by atoms with E-state index in [1.54, 1.807) is 36.4 Å². The molecule has 4 rings (SSSR count). The second-order valence-corrected chi connectivity index (χ2v) is 10.4. The highest BCUT2D eigenvalue weighted by Gasteiger charge is 2.26. The average Bonchev–Trinajstić information content (AvgIpc) is 3.35. The number of benzene rings is 3. The van der Waals surface area contributed by atoms with Gasteiger partial charge in [0, 0.05) is 23.3 Å². The number of rotatable bonds is 9. The number of carbonyl (C=O) groups excluding carboxylic acids is 1. The Hall–Kier alpha value is -4.16. The second kappa shape index (κ2) is 11.7. The first-order valence-corrected chi connectivity index (χ1v) is 13.0. The Balaban J connectivity index is 1.57. The zero-order chi connectivity index (χ0) is 26.3. The molecule has 1 aromatic heterocycles. The van der Waals surface area contributed by atoms with Gasteiger partial charge in [0.05, 0.1) is 11.4 Å². The highest BCUT2D eigenvalue weighted by molar-refractivity contribution is 7.89. The van der Waals surface area contributed by atoms with Crippen molar-refractivity contribution < 1.29 is 17.6 Å². The van der Waals surface area contributed by atoms with Crippen LogP contribution in [0.25, 0.3) is 6.08 Å². The summed E-state index contributed by atoms with van der Waals surface area (Å²) in [7, 11) is -3.90. The molecule has 3 aromatic carbocycles. The lowest BCUT2D eigenvalue weighted by Gasteiger charge is -2.21. The van der Waals surface area contributed by atoms with Crippen LogP contribution in [0.5, 0.6) is 0 Å². The average molecular weight is 532 g/mol. The summed E-state index contributed by atoms with van der Waals surface area (Å²) in [5.74, 6) is 0.0152. The van der Waals surface area contributed by atoms with E-state index < -0.39 is 15.9 Å². The van der Waals surface area contributed by atoms with Crippen LogP contribution in [-0.2, 0) is 27.9 Å². The van der Waals surface area contributed by atoms with Crippen molar-refractivity contribution in [3.8, 4) is 6.07 Å². The van der Waals surface area contributed by atoms with Crippen LogP contribution < -0.4 is 5.32 Å². The molecule has 0 aliphatic heterocycles. The number of amides is 1. The number of sulfonamides is 1. The normalized spacial score (nSPS) is 11.8. The molecule has 0 atom stereocenters. The molecule has 4 aromatic rings. The predicted molar refractivity (Wildman–Crippen MR) is 142 cm³/mol. The molecule has 0 fully saturated rings. The molecular formula is C28H22ClN3O4S. The van der Waals surface area contributed by atoms with E-state index in [1.807, 2.05) is 42.5 Å². The lowest BCUT2D eigenvalue weighted by molar-refractivity contribution is -0.112. The minimum absolute atomic E-state index is 0.0637. The fourth-order valence-corrected chi connectivity index (χ4v) is 5.03. The maximum Gasteiger partial charge on any atom is 0.266 e. The van der Waals surface area contributed by atoms with Gasteiger partial charge in [-0.25, -0.2) is 8.42 Å². The molecule has 7 nitrogen and oxygen atoms in total. The summed E-state index contributed by atoms with van der Waals surface area (Å²) < 4.78 is 34.1. The molecule has 0 spiro atoms. The van der Waals surface area contributed by atoms with Crippen molar-refractivity contribution in [2.24, 2.45) is 0 Å². The van der Waals surface area contributed by atoms with Crippen LogP contribution in [0.4, 0.5) is 5.69 Å². The molecule has 186 valence electrons. The third-order valence-electron chi connectivity index (χ3n) is 5.35. The maximum atomic E-state index is 13.5. The highest BCUT2D eigenvalue weighted by Crippen LogP contribution is 2.24. The third-order valence-corrected chi connectivity index (χ3v) is 7.41. The van der Waals surface area contributed by atoms with Gasteiger partial charge in [0.1, 0.15) is 23.2 Å². The van der Waals surface area contributed by atoms with Crippen molar-refractivity contribution >= 4 is 39.3 Å². The van der Waals surface area contributed by atoms with Crippen LogP contribution in [0.2, 0.25) is 5.02 Å². The van der Waals surface area contributed by atoms with Gasteiger partial charge >= 0.3 is 0 Å². The fourth-order valence-electron chi connectivity index (χ4n) is 3.51. The topological polar surface area (TPSA) is 103 Å². The van der Waals surface area contributed by atoms with Crippen LogP contribution >= 0.6 is 11.6 Å². The Bertz CT molecular complexity index is 1540. The van der Waals surface area contributed by atoms with E-state index in [9.17, 15) is 18.5 Å². The van der Waals surface area contributed by atoms with Crippen LogP contribution in [0, 0.1) is 11.3 Å². The number of nitrogens with zero attached hydrogens (tertiary/aromatic N) is 2. The maximum absolute atomic E-state index is 13.5. The summed E-state index contributed by atoms with van der Waals surface area (Å²) in [6, 6.07) is 29.0. The molecule has 1 heterocycles. The molecule has 9 heteroatoms. The zero-order valence-corrected chi connectivity index (χ0v) is 21.1. The second-order valence-electron chi connectivity index (χ2n) is 8.01. The number of furan rings is 1. The predicted octanol–water partition coefficient (Wildman–Crippen LogP) is 5.87. The van der Waals surface area contributed by atoms with Crippen molar-refractivity contribution in [2.75, 3.05) is 5.32 Å². The number of hydrogen-bond donors (Lipinski definition) is 1. The Labute approximate surface area is 220 Å². The summed E-state index contributed by atoms with van der Waals surface area (Å²) in [5, 5.41) is 12.6. The van der Waals surface area contributed by atoms with Gasteiger partial charge in [-0.2, -0.15) is 9.57 Å². The quantitative estimate of drug-likeness (QED) is 0.215. The summed E-state index contributed by atoms with van der Waals surface area (Å²) in [5.41, 5.74) is 1.20. The lowest BCUT2D eigenvalue weighted by atomic mass is 10.2. The van der Waals surface area contributed by atoms with Gasteiger partial charge in [0.25, 0.3) is 5.91 Å². The highest BCUT2D eigenvalue weighted by atomic mass is 35.5. The number of halogens is 1. The number of hydrogen-bond acceptors (Lipinski definition) is 5. The van der Waals surface area contributed by atoms with Crippen molar-refractivity contribution in [1.82, 2.24) is 4.31 Å². The molecule has 37 heavy (non-hydrogen) atoms. The molecular weight excluding hydrogens is 510 g/mol. The molecule has 0 aliphatic rings. The first kappa shape index (κ1) is 25.9. The smallest absolute Gasteiger partial charge is 0.266 e. The van der Waals surface area contributed by atoms with Gasteiger partial charge in [-0.1, -0.05) is 60.1 Å². The molecule has 1 N–H and O–H groups in total. The third kappa shape index (κ3) is 6.74. The van der Waals surface area contributed by atoms with E-state index in [0.29, 0.717) is 16.5 Å². The van der Waals surface area contributed by atoms with E-state index in [1.165, 1.54) is 34.6 Å².